The van der Waals surface area contributed by atoms with Crippen LogP contribution >= 0.6 is 0 Å². The van der Waals surface area contributed by atoms with Gasteiger partial charge >= 0.3 is 5.97 Å². The van der Waals surface area contributed by atoms with E-state index in [4.69, 9.17) is 5.11 Å². The fourth-order valence-corrected chi connectivity index (χ4v) is 1.59. The number of hydrogen-bond donors (Lipinski definition) is 1. The highest BCUT2D eigenvalue weighted by atomic mass is 16.4. The van der Waals surface area contributed by atoms with Gasteiger partial charge in [0.15, 0.2) is 0 Å². The summed E-state index contributed by atoms with van der Waals surface area (Å²) in [7, 11) is 1.82. The van der Waals surface area contributed by atoms with Gasteiger partial charge in [-0.3, -0.25) is 0 Å². The second-order valence-electron chi connectivity index (χ2n) is 3.53. The third kappa shape index (κ3) is 1.67. The van der Waals surface area contributed by atoms with Gasteiger partial charge in [0.1, 0.15) is 5.52 Å². The molecule has 0 amide bonds. The SMILES string of the molecule is Cc1c(/C=C/C(=O)O)ccc2c1nnn2C. The number of aliphatic carboxylic acids is 1. The van der Waals surface area contributed by atoms with Crippen LogP contribution in [0.3, 0.4) is 0 Å². The number of rotatable bonds is 2. The average molecular weight is 217 g/mol. The molecule has 2 rings (SSSR count). The largest absolute Gasteiger partial charge is 0.478 e. The van der Waals surface area contributed by atoms with Gasteiger partial charge in [0.2, 0.25) is 0 Å². The molecule has 0 unspecified atom stereocenters. The Labute approximate surface area is 92.0 Å². The van der Waals surface area contributed by atoms with Gasteiger partial charge in [-0.25, -0.2) is 9.48 Å². The Morgan fingerprint density at radius 1 is 1.50 bits per heavy atom. The number of aryl methyl sites for hydroxylation is 2. The zero-order valence-corrected chi connectivity index (χ0v) is 9.01. The molecule has 0 saturated carbocycles. The van der Waals surface area contributed by atoms with Crippen molar-refractivity contribution in [3.63, 3.8) is 0 Å². The van der Waals surface area contributed by atoms with Crippen molar-refractivity contribution in [3.05, 3.63) is 29.3 Å². The van der Waals surface area contributed by atoms with Gasteiger partial charge in [0, 0.05) is 13.1 Å². The first-order chi connectivity index (χ1) is 7.59. The molecule has 0 radical (unpaired) electrons. The van der Waals surface area contributed by atoms with E-state index in [1.807, 2.05) is 26.1 Å². The van der Waals surface area contributed by atoms with Gasteiger partial charge in [-0.1, -0.05) is 11.3 Å². The molecule has 0 fully saturated rings. The van der Waals surface area contributed by atoms with Crippen LogP contribution in [-0.2, 0) is 11.8 Å². The van der Waals surface area contributed by atoms with Crippen molar-refractivity contribution in [2.45, 2.75) is 6.92 Å². The summed E-state index contributed by atoms with van der Waals surface area (Å²) in [6.45, 7) is 1.90. The Morgan fingerprint density at radius 3 is 2.94 bits per heavy atom. The molecule has 1 aromatic heterocycles. The van der Waals surface area contributed by atoms with Crippen LogP contribution in [0.25, 0.3) is 17.1 Å². The minimum atomic E-state index is -0.960. The van der Waals surface area contributed by atoms with Crippen molar-refractivity contribution in [2.24, 2.45) is 7.05 Å². The lowest BCUT2D eigenvalue weighted by Gasteiger charge is -2.00. The first-order valence-electron chi connectivity index (χ1n) is 4.79. The zero-order chi connectivity index (χ0) is 11.7. The smallest absolute Gasteiger partial charge is 0.328 e. The van der Waals surface area contributed by atoms with Crippen LogP contribution < -0.4 is 0 Å². The van der Waals surface area contributed by atoms with E-state index in [1.165, 1.54) is 0 Å². The van der Waals surface area contributed by atoms with Crippen molar-refractivity contribution in [3.8, 4) is 0 Å². The highest BCUT2D eigenvalue weighted by Gasteiger charge is 2.06. The quantitative estimate of drug-likeness (QED) is 0.771. The van der Waals surface area contributed by atoms with Crippen LogP contribution in [0.2, 0.25) is 0 Å². The number of hydrogen-bond acceptors (Lipinski definition) is 3. The molecule has 0 spiro atoms. The van der Waals surface area contributed by atoms with Crippen LogP contribution in [0, 0.1) is 6.92 Å². The number of nitrogens with zero attached hydrogens (tertiary/aromatic N) is 3. The summed E-state index contributed by atoms with van der Waals surface area (Å²) < 4.78 is 1.69. The van der Waals surface area contributed by atoms with Gasteiger partial charge in [-0.15, -0.1) is 5.10 Å². The minimum Gasteiger partial charge on any atom is -0.478 e. The van der Waals surface area contributed by atoms with E-state index in [1.54, 1.807) is 10.8 Å². The molecular formula is C11H11N3O2. The fraction of sp³-hybridized carbons (Fsp3) is 0.182. The molecule has 0 aliphatic carbocycles. The number of carbonyl (C=O) groups is 1. The molecule has 1 N–H and O–H groups in total. The Kier molecular flexibility index (Phi) is 2.44. The molecule has 0 atom stereocenters. The summed E-state index contributed by atoms with van der Waals surface area (Å²) in [5.41, 5.74) is 3.51. The fourth-order valence-electron chi connectivity index (χ4n) is 1.59. The van der Waals surface area contributed by atoms with Crippen LogP contribution in [0.15, 0.2) is 18.2 Å². The summed E-state index contributed by atoms with van der Waals surface area (Å²) in [6, 6.07) is 3.74. The maximum Gasteiger partial charge on any atom is 0.328 e. The van der Waals surface area contributed by atoms with Crippen LogP contribution in [-0.4, -0.2) is 26.1 Å². The first kappa shape index (κ1) is 10.4. The molecule has 0 aliphatic heterocycles. The summed E-state index contributed by atoms with van der Waals surface area (Å²) in [5.74, 6) is -0.960. The predicted octanol–water partition coefficient (Wildman–Crippen LogP) is 1.37. The summed E-state index contributed by atoms with van der Waals surface area (Å²) >= 11 is 0. The maximum absolute atomic E-state index is 10.4. The molecule has 2 aromatic rings. The predicted molar refractivity (Wildman–Crippen MR) is 59.9 cm³/mol. The normalized spacial score (nSPS) is 11.4. The van der Waals surface area contributed by atoms with Crippen molar-refractivity contribution in [2.75, 3.05) is 0 Å². The van der Waals surface area contributed by atoms with Crippen LogP contribution in [0.4, 0.5) is 0 Å². The van der Waals surface area contributed by atoms with Gasteiger partial charge in [0.05, 0.1) is 5.52 Å². The minimum absolute atomic E-state index is 0.801. The van der Waals surface area contributed by atoms with Crippen molar-refractivity contribution in [1.82, 2.24) is 15.0 Å². The molecule has 5 nitrogen and oxygen atoms in total. The molecule has 0 saturated heterocycles. The number of aromatic nitrogens is 3. The van der Waals surface area contributed by atoms with E-state index in [0.717, 1.165) is 28.2 Å². The maximum atomic E-state index is 10.4. The van der Waals surface area contributed by atoms with Crippen molar-refractivity contribution in [1.29, 1.82) is 0 Å². The third-order valence-corrected chi connectivity index (χ3v) is 2.48. The number of carboxylic acids is 1. The van der Waals surface area contributed by atoms with Gasteiger partial charge < -0.3 is 5.11 Å². The molecule has 0 bridgehead atoms. The van der Waals surface area contributed by atoms with Gasteiger partial charge in [0.25, 0.3) is 0 Å². The van der Waals surface area contributed by atoms with Crippen molar-refractivity contribution >= 4 is 23.1 Å². The van der Waals surface area contributed by atoms with Crippen LogP contribution in [0.1, 0.15) is 11.1 Å². The topological polar surface area (TPSA) is 68.0 Å². The van der Waals surface area contributed by atoms with E-state index in [-0.39, 0.29) is 0 Å². The lowest BCUT2D eigenvalue weighted by Crippen LogP contribution is -1.90. The zero-order valence-electron chi connectivity index (χ0n) is 9.01. The average Bonchev–Trinajstić information content (AvgIpc) is 2.60. The number of fused-ring (bicyclic) bond motifs is 1. The van der Waals surface area contributed by atoms with E-state index in [2.05, 4.69) is 10.3 Å². The Balaban J connectivity index is 2.57. The first-order valence-corrected chi connectivity index (χ1v) is 4.79. The molecular weight excluding hydrogens is 206 g/mol. The van der Waals surface area contributed by atoms with Gasteiger partial charge in [-0.2, -0.15) is 0 Å². The van der Waals surface area contributed by atoms with Gasteiger partial charge in [-0.05, 0) is 30.2 Å². The number of carboxylic acid groups (broad SMARTS) is 1. The standard InChI is InChI=1S/C11H11N3O2/c1-7-8(4-6-10(15)16)3-5-9-11(7)12-13-14(9)2/h3-6H,1-2H3,(H,15,16)/b6-4+. The molecule has 5 heteroatoms. The summed E-state index contributed by atoms with van der Waals surface area (Å²) in [4.78, 5) is 10.4. The molecule has 82 valence electrons. The molecule has 1 heterocycles. The second kappa shape index (κ2) is 3.77. The molecule has 1 aromatic carbocycles. The molecule has 0 aliphatic rings. The summed E-state index contributed by atoms with van der Waals surface area (Å²) in [5, 5.41) is 16.5. The summed E-state index contributed by atoms with van der Waals surface area (Å²) in [6.07, 6.45) is 2.68. The molecule has 16 heavy (non-hydrogen) atoms. The highest BCUT2D eigenvalue weighted by Crippen LogP contribution is 2.19. The Hall–Kier alpha value is -2.17. The Bertz CT molecular complexity index is 584. The second-order valence-corrected chi connectivity index (χ2v) is 3.53. The number of benzene rings is 1. The van der Waals surface area contributed by atoms with Crippen LogP contribution in [0.5, 0.6) is 0 Å². The Morgan fingerprint density at radius 2 is 2.25 bits per heavy atom. The monoisotopic (exact) mass is 217 g/mol. The van der Waals surface area contributed by atoms with E-state index in [9.17, 15) is 4.79 Å². The lowest BCUT2D eigenvalue weighted by molar-refractivity contribution is -0.131. The van der Waals surface area contributed by atoms with E-state index in [0.29, 0.717) is 0 Å². The third-order valence-electron chi connectivity index (χ3n) is 2.48. The van der Waals surface area contributed by atoms with E-state index < -0.39 is 5.97 Å². The van der Waals surface area contributed by atoms with Crippen molar-refractivity contribution < 1.29 is 9.90 Å². The van der Waals surface area contributed by atoms with E-state index >= 15 is 0 Å². The highest BCUT2D eigenvalue weighted by molar-refractivity contribution is 5.88. The lowest BCUT2D eigenvalue weighted by atomic mass is 10.1.